The van der Waals surface area contributed by atoms with E-state index in [0.717, 1.165) is 43.3 Å². The predicted octanol–water partition coefficient (Wildman–Crippen LogP) is 1.95. The fourth-order valence-corrected chi connectivity index (χ4v) is 4.61. The van der Waals surface area contributed by atoms with Gasteiger partial charge in [0.2, 0.25) is 5.91 Å². The fraction of sp³-hybridized carbons (Fsp3) is 0.409. The van der Waals surface area contributed by atoms with E-state index in [2.05, 4.69) is 25.3 Å². The molecule has 2 fully saturated rings. The lowest BCUT2D eigenvalue weighted by atomic mass is 9.90. The van der Waals surface area contributed by atoms with Gasteiger partial charge in [0.1, 0.15) is 11.5 Å². The molecule has 1 aliphatic carbocycles. The van der Waals surface area contributed by atoms with E-state index in [0.29, 0.717) is 24.0 Å². The van der Waals surface area contributed by atoms with Crippen LogP contribution in [0.25, 0.3) is 10.9 Å². The SMILES string of the molecule is O=C(NCC1CC12CCN(C(=O)Cc1ncccn1)CC2)c1cc2ccncc2[nH]1. The number of nitrogens with zero attached hydrogens (tertiary/aromatic N) is 4. The number of aromatic nitrogens is 4. The fourth-order valence-electron chi connectivity index (χ4n) is 4.61. The van der Waals surface area contributed by atoms with Crippen molar-refractivity contribution < 1.29 is 9.59 Å². The second-order valence-electron chi connectivity index (χ2n) is 8.34. The molecule has 0 aromatic carbocycles. The molecule has 0 radical (unpaired) electrons. The highest BCUT2D eigenvalue weighted by Crippen LogP contribution is 2.59. The zero-order chi connectivity index (χ0) is 20.6. The molecule has 3 aromatic rings. The number of likely N-dealkylation sites (tertiary alicyclic amines) is 1. The second kappa shape index (κ2) is 7.51. The highest BCUT2D eigenvalue weighted by Gasteiger charge is 2.54. The minimum absolute atomic E-state index is 0.0799. The van der Waals surface area contributed by atoms with E-state index in [1.54, 1.807) is 30.9 Å². The summed E-state index contributed by atoms with van der Waals surface area (Å²) in [7, 11) is 0. The first-order valence-electron chi connectivity index (χ1n) is 10.4. The van der Waals surface area contributed by atoms with Crippen LogP contribution >= 0.6 is 0 Å². The first kappa shape index (κ1) is 18.7. The number of hydrogen-bond donors (Lipinski definition) is 2. The molecular formula is C22H24N6O2. The van der Waals surface area contributed by atoms with E-state index < -0.39 is 0 Å². The van der Waals surface area contributed by atoms with E-state index in [9.17, 15) is 9.59 Å². The van der Waals surface area contributed by atoms with Gasteiger partial charge in [0.15, 0.2) is 0 Å². The summed E-state index contributed by atoms with van der Waals surface area (Å²) in [6.07, 6.45) is 10.1. The Morgan fingerprint density at radius 3 is 2.77 bits per heavy atom. The summed E-state index contributed by atoms with van der Waals surface area (Å²) in [5.41, 5.74) is 1.71. The summed E-state index contributed by atoms with van der Waals surface area (Å²) in [5.74, 6) is 1.07. The summed E-state index contributed by atoms with van der Waals surface area (Å²) in [5, 5.41) is 4.05. The Bertz CT molecular complexity index is 1040. The minimum Gasteiger partial charge on any atom is -0.350 e. The summed E-state index contributed by atoms with van der Waals surface area (Å²) < 4.78 is 0. The highest BCUT2D eigenvalue weighted by molar-refractivity contribution is 5.97. The molecule has 1 saturated heterocycles. The van der Waals surface area contributed by atoms with Crippen LogP contribution in [0.1, 0.15) is 35.6 Å². The van der Waals surface area contributed by atoms with Crippen LogP contribution in [0.4, 0.5) is 0 Å². The van der Waals surface area contributed by atoms with Crippen LogP contribution in [0.15, 0.2) is 43.0 Å². The molecular weight excluding hydrogens is 380 g/mol. The van der Waals surface area contributed by atoms with E-state index in [1.165, 1.54) is 0 Å². The summed E-state index contributed by atoms with van der Waals surface area (Å²) in [6.45, 7) is 2.22. The Balaban J connectivity index is 1.10. The Hall–Kier alpha value is -3.29. The van der Waals surface area contributed by atoms with E-state index in [-0.39, 0.29) is 23.7 Å². The monoisotopic (exact) mass is 404 g/mol. The largest absolute Gasteiger partial charge is 0.350 e. The number of carbonyl (C=O) groups excluding carboxylic acids is 2. The normalized spacial score (nSPS) is 19.7. The van der Waals surface area contributed by atoms with Crippen LogP contribution in [0, 0.1) is 11.3 Å². The Morgan fingerprint density at radius 1 is 1.20 bits per heavy atom. The maximum atomic E-state index is 12.5. The molecule has 2 N–H and O–H groups in total. The van der Waals surface area contributed by atoms with Gasteiger partial charge in [-0.15, -0.1) is 0 Å². The van der Waals surface area contributed by atoms with Gasteiger partial charge in [-0.2, -0.15) is 0 Å². The topological polar surface area (TPSA) is 104 Å². The van der Waals surface area contributed by atoms with Crippen molar-refractivity contribution in [2.45, 2.75) is 25.7 Å². The number of pyridine rings is 1. The van der Waals surface area contributed by atoms with Gasteiger partial charge in [0, 0.05) is 43.6 Å². The van der Waals surface area contributed by atoms with Crippen LogP contribution < -0.4 is 5.32 Å². The molecule has 0 bridgehead atoms. The van der Waals surface area contributed by atoms with Crippen molar-refractivity contribution in [1.82, 2.24) is 30.2 Å². The Labute approximate surface area is 174 Å². The van der Waals surface area contributed by atoms with Gasteiger partial charge in [0.05, 0.1) is 18.1 Å². The van der Waals surface area contributed by atoms with E-state index in [4.69, 9.17) is 0 Å². The quantitative estimate of drug-likeness (QED) is 0.676. The van der Waals surface area contributed by atoms with Crippen molar-refractivity contribution in [1.29, 1.82) is 0 Å². The first-order valence-corrected chi connectivity index (χ1v) is 10.4. The van der Waals surface area contributed by atoms with Crippen LogP contribution in [0.3, 0.4) is 0 Å². The number of fused-ring (bicyclic) bond motifs is 1. The number of rotatable bonds is 5. The van der Waals surface area contributed by atoms with Gasteiger partial charge in [-0.1, -0.05) is 0 Å². The molecule has 3 aromatic heterocycles. The van der Waals surface area contributed by atoms with Crippen molar-refractivity contribution in [3.63, 3.8) is 0 Å². The van der Waals surface area contributed by atoms with Crippen molar-refractivity contribution in [3.05, 3.63) is 54.5 Å². The number of hydrogen-bond acceptors (Lipinski definition) is 5. The molecule has 1 unspecified atom stereocenters. The van der Waals surface area contributed by atoms with Crippen LogP contribution in [-0.2, 0) is 11.2 Å². The molecule has 5 rings (SSSR count). The van der Waals surface area contributed by atoms with Crippen LogP contribution in [-0.4, -0.2) is 56.3 Å². The smallest absolute Gasteiger partial charge is 0.267 e. The van der Waals surface area contributed by atoms with E-state index in [1.807, 2.05) is 17.0 Å². The maximum Gasteiger partial charge on any atom is 0.267 e. The van der Waals surface area contributed by atoms with Gasteiger partial charge < -0.3 is 15.2 Å². The van der Waals surface area contributed by atoms with Gasteiger partial charge in [-0.25, -0.2) is 9.97 Å². The molecule has 8 heteroatoms. The summed E-state index contributed by atoms with van der Waals surface area (Å²) >= 11 is 0. The summed E-state index contributed by atoms with van der Waals surface area (Å²) in [6, 6.07) is 5.49. The third-order valence-corrected chi connectivity index (χ3v) is 6.58. The average molecular weight is 404 g/mol. The van der Waals surface area contributed by atoms with Gasteiger partial charge >= 0.3 is 0 Å². The number of piperidine rings is 1. The summed E-state index contributed by atoms with van der Waals surface area (Å²) in [4.78, 5) is 42.4. The lowest BCUT2D eigenvalue weighted by molar-refractivity contribution is -0.132. The average Bonchev–Trinajstić information content (AvgIpc) is 3.25. The number of nitrogens with one attached hydrogen (secondary N) is 2. The molecule has 1 atom stereocenters. The molecule has 30 heavy (non-hydrogen) atoms. The number of aromatic amines is 1. The standard InChI is InChI=1S/C22H24N6O2/c29-20(11-19-24-5-1-6-25-19)28-8-3-22(4-9-28)12-16(22)13-26-21(30)17-10-15-2-7-23-14-18(15)27-17/h1-2,5-7,10,14,16,27H,3-4,8-9,11-13H2,(H,26,30). The van der Waals surface area contributed by atoms with Gasteiger partial charge in [-0.05, 0) is 48.8 Å². The van der Waals surface area contributed by atoms with Gasteiger partial charge in [-0.3, -0.25) is 14.6 Å². The lowest BCUT2D eigenvalue weighted by Crippen LogP contribution is -2.41. The third kappa shape index (κ3) is 3.65. The van der Waals surface area contributed by atoms with Crippen molar-refractivity contribution in [2.75, 3.05) is 19.6 Å². The third-order valence-electron chi connectivity index (χ3n) is 6.58. The molecule has 2 amide bonds. The predicted molar refractivity (Wildman–Crippen MR) is 111 cm³/mol. The number of amides is 2. The highest BCUT2D eigenvalue weighted by atomic mass is 16.2. The number of H-pyrrole nitrogens is 1. The Morgan fingerprint density at radius 2 is 2.00 bits per heavy atom. The van der Waals surface area contributed by atoms with Crippen LogP contribution in [0.5, 0.6) is 0 Å². The molecule has 154 valence electrons. The molecule has 1 spiro atoms. The number of carbonyl (C=O) groups is 2. The van der Waals surface area contributed by atoms with Crippen molar-refractivity contribution in [3.8, 4) is 0 Å². The van der Waals surface area contributed by atoms with Crippen molar-refractivity contribution in [2.24, 2.45) is 11.3 Å². The van der Waals surface area contributed by atoms with Crippen LogP contribution in [0.2, 0.25) is 0 Å². The lowest BCUT2D eigenvalue weighted by Gasteiger charge is -2.33. The van der Waals surface area contributed by atoms with E-state index >= 15 is 0 Å². The molecule has 4 heterocycles. The molecule has 1 aliphatic heterocycles. The maximum absolute atomic E-state index is 12.5. The van der Waals surface area contributed by atoms with Gasteiger partial charge in [0.25, 0.3) is 5.91 Å². The molecule has 2 aliphatic rings. The minimum atomic E-state index is -0.0799. The zero-order valence-electron chi connectivity index (χ0n) is 16.7. The van der Waals surface area contributed by atoms with Crippen molar-refractivity contribution >= 4 is 22.7 Å². The molecule has 1 saturated carbocycles. The zero-order valence-corrected chi connectivity index (χ0v) is 16.7. The second-order valence-corrected chi connectivity index (χ2v) is 8.34. The molecule has 8 nitrogen and oxygen atoms in total. The first-order chi connectivity index (χ1) is 14.6. The Kier molecular flexibility index (Phi) is 4.69.